The quantitative estimate of drug-likeness (QED) is 0.850. The second kappa shape index (κ2) is 5.00. The molecule has 2 rings (SSSR count). The number of hydrogen-bond acceptors (Lipinski definition) is 2. The summed E-state index contributed by atoms with van der Waals surface area (Å²) in [5.41, 5.74) is 1.26. The normalized spacial score (nSPS) is 20.9. The zero-order valence-corrected chi connectivity index (χ0v) is 10.7. The maximum atomic E-state index is 4.80. The number of imidazole rings is 1. The molecule has 0 aromatic carbocycles. The van der Waals surface area contributed by atoms with E-state index >= 15 is 0 Å². The summed E-state index contributed by atoms with van der Waals surface area (Å²) < 4.78 is 2.36. The van der Waals surface area contributed by atoms with Crippen LogP contribution in [0.4, 0.5) is 0 Å². The van der Waals surface area contributed by atoms with Gasteiger partial charge in [-0.3, -0.25) is 0 Å². The highest BCUT2D eigenvalue weighted by Gasteiger charge is 2.23. The Hall–Kier alpha value is -0.830. The van der Waals surface area contributed by atoms with Crippen LogP contribution >= 0.6 is 0 Å². The molecule has 1 unspecified atom stereocenters. The van der Waals surface area contributed by atoms with Gasteiger partial charge in [-0.15, -0.1) is 0 Å². The number of nitrogens with one attached hydrogen (secondary N) is 1. The molecule has 1 aromatic heterocycles. The predicted octanol–water partition coefficient (Wildman–Crippen LogP) is 2.53. The first kappa shape index (κ1) is 11.6. The fourth-order valence-corrected chi connectivity index (χ4v) is 2.42. The molecule has 1 aliphatic heterocycles. The van der Waals surface area contributed by atoms with Gasteiger partial charge < -0.3 is 9.88 Å². The SMILES string of the molecule is CCCc1cn2c(n1)C(C(C)C)NCCC2. The predicted molar refractivity (Wildman–Crippen MR) is 66.4 cm³/mol. The van der Waals surface area contributed by atoms with Crippen LogP contribution in [0.25, 0.3) is 0 Å². The molecule has 90 valence electrons. The summed E-state index contributed by atoms with van der Waals surface area (Å²) in [6.45, 7) is 8.96. The van der Waals surface area contributed by atoms with Crippen LogP contribution in [0.2, 0.25) is 0 Å². The van der Waals surface area contributed by atoms with Crippen molar-refractivity contribution in [3.63, 3.8) is 0 Å². The third kappa shape index (κ3) is 2.29. The van der Waals surface area contributed by atoms with E-state index < -0.39 is 0 Å². The minimum atomic E-state index is 0.424. The zero-order valence-electron chi connectivity index (χ0n) is 10.7. The number of hydrogen-bond donors (Lipinski definition) is 1. The average molecular weight is 221 g/mol. The van der Waals surface area contributed by atoms with Crippen LogP contribution in [0.5, 0.6) is 0 Å². The van der Waals surface area contributed by atoms with Crippen LogP contribution in [0.3, 0.4) is 0 Å². The van der Waals surface area contributed by atoms with Crippen molar-refractivity contribution in [3.05, 3.63) is 17.7 Å². The molecule has 1 aromatic rings. The molecule has 0 fully saturated rings. The van der Waals surface area contributed by atoms with Gasteiger partial charge in [0, 0.05) is 12.7 Å². The Morgan fingerprint density at radius 1 is 1.56 bits per heavy atom. The van der Waals surface area contributed by atoms with Gasteiger partial charge in [0.1, 0.15) is 5.82 Å². The molecular formula is C13H23N3. The van der Waals surface area contributed by atoms with Crippen LogP contribution in [0.15, 0.2) is 6.20 Å². The Morgan fingerprint density at radius 2 is 2.38 bits per heavy atom. The van der Waals surface area contributed by atoms with Crippen LogP contribution < -0.4 is 5.32 Å². The maximum absolute atomic E-state index is 4.80. The number of fused-ring (bicyclic) bond motifs is 1. The monoisotopic (exact) mass is 221 g/mol. The minimum Gasteiger partial charge on any atom is -0.333 e. The van der Waals surface area contributed by atoms with Crippen LogP contribution in [0, 0.1) is 5.92 Å². The largest absolute Gasteiger partial charge is 0.333 e. The van der Waals surface area contributed by atoms with Gasteiger partial charge in [-0.2, -0.15) is 0 Å². The van der Waals surface area contributed by atoms with Crippen LogP contribution in [-0.4, -0.2) is 16.1 Å². The van der Waals surface area contributed by atoms with E-state index in [4.69, 9.17) is 4.98 Å². The van der Waals surface area contributed by atoms with Gasteiger partial charge in [0.2, 0.25) is 0 Å². The lowest BCUT2D eigenvalue weighted by Crippen LogP contribution is -2.26. The van der Waals surface area contributed by atoms with E-state index in [2.05, 4.69) is 36.9 Å². The van der Waals surface area contributed by atoms with Crippen LogP contribution in [-0.2, 0) is 13.0 Å². The molecule has 1 atom stereocenters. The van der Waals surface area contributed by atoms with E-state index in [1.807, 2.05) is 0 Å². The van der Waals surface area contributed by atoms with Crippen molar-refractivity contribution in [2.75, 3.05) is 6.54 Å². The Morgan fingerprint density at radius 3 is 3.06 bits per heavy atom. The second-order valence-corrected chi connectivity index (χ2v) is 5.06. The van der Waals surface area contributed by atoms with Gasteiger partial charge in [0.25, 0.3) is 0 Å². The number of nitrogens with zero attached hydrogens (tertiary/aromatic N) is 2. The Labute approximate surface area is 98.3 Å². The molecule has 0 saturated heterocycles. The van der Waals surface area contributed by atoms with E-state index in [0.717, 1.165) is 19.5 Å². The third-order valence-corrected chi connectivity index (χ3v) is 3.25. The topological polar surface area (TPSA) is 29.9 Å². The molecule has 0 spiro atoms. The van der Waals surface area contributed by atoms with Crippen molar-refractivity contribution >= 4 is 0 Å². The first-order valence-corrected chi connectivity index (χ1v) is 6.51. The molecule has 0 amide bonds. The summed E-state index contributed by atoms with van der Waals surface area (Å²) in [6, 6.07) is 0.424. The van der Waals surface area contributed by atoms with Crippen molar-refractivity contribution in [2.24, 2.45) is 5.92 Å². The summed E-state index contributed by atoms with van der Waals surface area (Å²) in [6.07, 6.45) is 5.74. The van der Waals surface area contributed by atoms with Gasteiger partial charge in [-0.05, 0) is 25.3 Å². The average Bonchev–Trinajstić information content (AvgIpc) is 2.51. The number of aromatic nitrogens is 2. The molecule has 3 nitrogen and oxygen atoms in total. The van der Waals surface area contributed by atoms with Gasteiger partial charge in [0.15, 0.2) is 0 Å². The van der Waals surface area contributed by atoms with Crippen molar-refractivity contribution < 1.29 is 0 Å². The molecule has 0 bridgehead atoms. The molecule has 3 heteroatoms. The third-order valence-electron chi connectivity index (χ3n) is 3.25. The van der Waals surface area contributed by atoms with Crippen molar-refractivity contribution in [1.29, 1.82) is 0 Å². The van der Waals surface area contributed by atoms with Gasteiger partial charge in [0.05, 0.1) is 11.7 Å². The Kier molecular flexibility index (Phi) is 3.64. The number of aryl methyl sites for hydroxylation is 2. The van der Waals surface area contributed by atoms with Crippen molar-refractivity contribution in [3.8, 4) is 0 Å². The summed E-state index contributed by atoms with van der Waals surface area (Å²) in [4.78, 5) is 4.80. The highest BCUT2D eigenvalue weighted by atomic mass is 15.1. The van der Waals surface area contributed by atoms with Gasteiger partial charge in [-0.1, -0.05) is 27.2 Å². The second-order valence-electron chi connectivity index (χ2n) is 5.06. The van der Waals surface area contributed by atoms with E-state index in [1.54, 1.807) is 0 Å². The summed E-state index contributed by atoms with van der Waals surface area (Å²) in [5.74, 6) is 1.85. The molecule has 0 saturated carbocycles. The highest BCUT2D eigenvalue weighted by molar-refractivity contribution is 5.10. The zero-order chi connectivity index (χ0) is 11.5. The smallest absolute Gasteiger partial charge is 0.126 e. The molecular weight excluding hydrogens is 198 g/mol. The standard InChI is InChI=1S/C13H23N3/c1-4-6-11-9-16-8-5-7-14-12(10(2)3)13(16)15-11/h9-10,12,14H,4-8H2,1-3H3. The molecule has 1 aliphatic rings. The van der Waals surface area contributed by atoms with Gasteiger partial charge >= 0.3 is 0 Å². The fraction of sp³-hybridized carbons (Fsp3) is 0.769. The molecule has 0 aliphatic carbocycles. The molecule has 16 heavy (non-hydrogen) atoms. The summed E-state index contributed by atoms with van der Waals surface area (Å²) in [7, 11) is 0. The lowest BCUT2D eigenvalue weighted by Gasteiger charge is -2.19. The fourth-order valence-electron chi connectivity index (χ4n) is 2.42. The minimum absolute atomic E-state index is 0.424. The lowest BCUT2D eigenvalue weighted by molar-refractivity contribution is 0.405. The number of rotatable bonds is 3. The van der Waals surface area contributed by atoms with E-state index in [9.17, 15) is 0 Å². The van der Waals surface area contributed by atoms with Gasteiger partial charge in [-0.25, -0.2) is 4.98 Å². The first-order valence-electron chi connectivity index (χ1n) is 6.51. The lowest BCUT2D eigenvalue weighted by atomic mass is 10.0. The van der Waals surface area contributed by atoms with Crippen molar-refractivity contribution in [1.82, 2.24) is 14.9 Å². The van der Waals surface area contributed by atoms with Crippen LogP contribution in [0.1, 0.15) is 51.2 Å². The van der Waals surface area contributed by atoms with E-state index in [-0.39, 0.29) is 0 Å². The summed E-state index contributed by atoms with van der Waals surface area (Å²) in [5, 5.41) is 3.61. The van der Waals surface area contributed by atoms with E-state index in [0.29, 0.717) is 12.0 Å². The highest BCUT2D eigenvalue weighted by Crippen LogP contribution is 2.24. The van der Waals surface area contributed by atoms with E-state index in [1.165, 1.54) is 24.4 Å². The molecule has 0 radical (unpaired) electrons. The Balaban J connectivity index is 2.28. The molecule has 2 heterocycles. The first-order chi connectivity index (χ1) is 7.72. The Bertz CT molecular complexity index is 341. The maximum Gasteiger partial charge on any atom is 0.126 e. The molecule has 1 N–H and O–H groups in total. The summed E-state index contributed by atoms with van der Waals surface area (Å²) >= 11 is 0. The van der Waals surface area contributed by atoms with Crippen molar-refractivity contribution in [2.45, 2.75) is 52.6 Å².